The van der Waals surface area contributed by atoms with Gasteiger partial charge in [0.25, 0.3) is 0 Å². The van der Waals surface area contributed by atoms with Crippen molar-refractivity contribution in [3.05, 3.63) is 33.8 Å². The van der Waals surface area contributed by atoms with E-state index in [-0.39, 0.29) is 22.2 Å². The van der Waals surface area contributed by atoms with E-state index in [1.54, 1.807) is 6.92 Å². The van der Waals surface area contributed by atoms with E-state index < -0.39 is 18.2 Å². The van der Waals surface area contributed by atoms with Crippen molar-refractivity contribution >= 4 is 29.2 Å². The van der Waals surface area contributed by atoms with Crippen molar-refractivity contribution in [2.24, 2.45) is 0 Å². The van der Waals surface area contributed by atoms with Gasteiger partial charge in [-0.1, -0.05) is 35.3 Å². The first-order valence-corrected chi connectivity index (χ1v) is 5.67. The molecule has 0 saturated heterocycles. The second kappa shape index (κ2) is 6.19. The minimum Gasteiger partial charge on any atom is -0.464 e. The Labute approximate surface area is 108 Å². The Bertz CT molecular complexity index is 412. The zero-order valence-corrected chi connectivity index (χ0v) is 10.5. The lowest BCUT2D eigenvalue weighted by Crippen LogP contribution is -2.26. The van der Waals surface area contributed by atoms with E-state index in [9.17, 15) is 14.3 Å². The fourth-order valence-electron chi connectivity index (χ4n) is 1.26. The molecule has 0 heterocycles. The fraction of sp³-hybridized carbons (Fsp3) is 0.364. The second-order valence-corrected chi connectivity index (χ2v) is 4.03. The van der Waals surface area contributed by atoms with E-state index >= 15 is 0 Å². The van der Waals surface area contributed by atoms with Gasteiger partial charge in [-0.05, 0) is 13.0 Å². The molecule has 0 aliphatic rings. The molecule has 0 aromatic heterocycles. The smallest absolute Gasteiger partial charge is 0.343 e. The molecule has 6 heteroatoms. The Balaban J connectivity index is 2.92. The first kappa shape index (κ1) is 14.2. The number of aliphatic hydroxyl groups is 1. The van der Waals surface area contributed by atoms with Crippen LogP contribution in [0.15, 0.2) is 18.2 Å². The maximum atomic E-state index is 13.5. The number of hydrogen-bond acceptors (Lipinski definition) is 3. The average molecular weight is 281 g/mol. The van der Waals surface area contributed by atoms with Crippen LogP contribution in [0.4, 0.5) is 4.39 Å². The van der Waals surface area contributed by atoms with Crippen LogP contribution in [0.1, 0.15) is 18.6 Å². The van der Waals surface area contributed by atoms with Gasteiger partial charge in [-0.2, -0.15) is 0 Å². The summed E-state index contributed by atoms with van der Waals surface area (Å²) in [4.78, 5) is 11.1. The molecule has 0 bridgehead atoms. The molecule has 2 unspecified atom stereocenters. The van der Waals surface area contributed by atoms with Gasteiger partial charge in [-0.15, -0.1) is 0 Å². The van der Waals surface area contributed by atoms with Crippen LogP contribution in [0.25, 0.3) is 0 Å². The summed E-state index contributed by atoms with van der Waals surface area (Å²) in [6, 6.07) is 4.40. The number of carbonyl (C=O) groups is 1. The number of ether oxygens (including phenoxy) is 1. The molecule has 1 aromatic carbocycles. The molecular formula is C11H11Cl2FO3. The van der Waals surface area contributed by atoms with E-state index in [2.05, 4.69) is 4.74 Å². The minimum atomic E-state index is -2.19. The van der Waals surface area contributed by atoms with Crippen LogP contribution in [-0.4, -0.2) is 23.9 Å². The van der Waals surface area contributed by atoms with Crippen molar-refractivity contribution in [1.82, 2.24) is 0 Å². The third-order valence-electron chi connectivity index (χ3n) is 2.09. The molecule has 0 spiro atoms. The van der Waals surface area contributed by atoms with Crippen LogP contribution >= 0.6 is 23.2 Å². The lowest BCUT2D eigenvalue weighted by molar-refractivity contribution is -0.153. The third-order valence-corrected chi connectivity index (χ3v) is 2.92. The number of carbonyl (C=O) groups excluding carboxylic acids is 1. The number of benzene rings is 1. The number of halogens is 3. The lowest BCUT2D eigenvalue weighted by Gasteiger charge is -2.16. The molecule has 0 aliphatic heterocycles. The molecule has 2 atom stereocenters. The fourth-order valence-corrected chi connectivity index (χ4v) is 1.68. The van der Waals surface area contributed by atoms with E-state index in [0.29, 0.717) is 0 Å². The average Bonchev–Trinajstić information content (AvgIpc) is 2.31. The van der Waals surface area contributed by atoms with Gasteiger partial charge in [0.1, 0.15) is 6.10 Å². The highest BCUT2D eigenvalue weighted by atomic mass is 35.5. The van der Waals surface area contributed by atoms with Crippen LogP contribution in [0.5, 0.6) is 0 Å². The van der Waals surface area contributed by atoms with Gasteiger partial charge in [0.15, 0.2) is 0 Å². The Morgan fingerprint density at radius 1 is 1.53 bits per heavy atom. The lowest BCUT2D eigenvalue weighted by atomic mass is 10.1. The molecule has 3 nitrogen and oxygen atoms in total. The number of rotatable bonds is 4. The van der Waals surface area contributed by atoms with Gasteiger partial charge in [-0.3, -0.25) is 0 Å². The predicted octanol–water partition coefficient (Wildman–Crippen LogP) is 2.93. The van der Waals surface area contributed by atoms with Gasteiger partial charge in [-0.25, -0.2) is 9.18 Å². The highest BCUT2D eigenvalue weighted by Gasteiger charge is 2.30. The van der Waals surface area contributed by atoms with Crippen LogP contribution in [-0.2, 0) is 9.53 Å². The molecule has 1 rings (SSSR count). The van der Waals surface area contributed by atoms with Crippen LogP contribution in [0.3, 0.4) is 0 Å². The molecule has 1 aromatic rings. The first-order valence-electron chi connectivity index (χ1n) is 4.91. The zero-order chi connectivity index (χ0) is 13.0. The first-order chi connectivity index (χ1) is 7.99. The minimum absolute atomic E-state index is 0.0219. The molecule has 0 radical (unpaired) electrons. The van der Waals surface area contributed by atoms with E-state index in [0.717, 1.165) is 0 Å². The zero-order valence-electron chi connectivity index (χ0n) is 8.99. The van der Waals surface area contributed by atoms with E-state index in [1.807, 2.05) is 0 Å². The Hall–Kier alpha value is -0.840. The summed E-state index contributed by atoms with van der Waals surface area (Å²) in [6.07, 6.45) is -3.88. The molecule has 0 fully saturated rings. The van der Waals surface area contributed by atoms with Crippen LogP contribution in [0, 0.1) is 0 Å². The molecule has 17 heavy (non-hydrogen) atoms. The monoisotopic (exact) mass is 280 g/mol. The van der Waals surface area contributed by atoms with Gasteiger partial charge in [0.2, 0.25) is 6.17 Å². The van der Waals surface area contributed by atoms with Crippen LogP contribution in [0.2, 0.25) is 10.0 Å². The van der Waals surface area contributed by atoms with Crippen LogP contribution < -0.4 is 0 Å². The largest absolute Gasteiger partial charge is 0.464 e. The van der Waals surface area contributed by atoms with Crippen molar-refractivity contribution in [3.8, 4) is 0 Å². The van der Waals surface area contributed by atoms with Crippen molar-refractivity contribution < 1.29 is 19.0 Å². The topological polar surface area (TPSA) is 46.5 Å². The summed E-state index contributed by atoms with van der Waals surface area (Å²) < 4.78 is 18.0. The second-order valence-electron chi connectivity index (χ2n) is 3.24. The van der Waals surface area contributed by atoms with Crippen molar-refractivity contribution in [3.63, 3.8) is 0 Å². The Morgan fingerprint density at radius 2 is 2.18 bits per heavy atom. The number of alkyl halides is 1. The molecule has 0 aliphatic carbocycles. The summed E-state index contributed by atoms with van der Waals surface area (Å²) >= 11 is 11.5. The number of hydrogen-bond donors (Lipinski definition) is 1. The summed E-state index contributed by atoms with van der Waals surface area (Å²) in [5, 5.41) is 9.87. The number of esters is 1. The van der Waals surface area contributed by atoms with Gasteiger partial charge < -0.3 is 9.84 Å². The van der Waals surface area contributed by atoms with E-state index in [4.69, 9.17) is 23.2 Å². The maximum absolute atomic E-state index is 13.5. The molecule has 0 saturated carbocycles. The van der Waals surface area contributed by atoms with Gasteiger partial charge in [0, 0.05) is 5.56 Å². The normalized spacial score (nSPS) is 14.2. The highest BCUT2D eigenvalue weighted by molar-refractivity contribution is 6.42. The summed E-state index contributed by atoms with van der Waals surface area (Å²) in [6.45, 7) is 1.58. The maximum Gasteiger partial charge on any atom is 0.343 e. The number of aliphatic hydroxyl groups excluding tert-OH is 1. The van der Waals surface area contributed by atoms with Gasteiger partial charge >= 0.3 is 5.97 Å². The summed E-state index contributed by atoms with van der Waals surface area (Å²) in [5.74, 6) is -1.13. The Kier molecular flexibility index (Phi) is 5.18. The van der Waals surface area contributed by atoms with Crippen molar-refractivity contribution in [2.75, 3.05) is 6.61 Å². The molecule has 1 N–H and O–H groups in total. The molecule has 94 valence electrons. The Morgan fingerprint density at radius 3 is 2.76 bits per heavy atom. The van der Waals surface area contributed by atoms with Gasteiger partial charge in [0.05, 0.1) is 16.7 Å². The SMILES string of the molecule is CCOC(=O)C(F)C(O)c1cccc(Cl)c1Cl. The van der Waals surface area contributed by atoms with Crippen molar-refractivity contribution in [2.45, 2.75) is 19.2 Å². The van der Waals surface area contributed by atoms with Crippen molar-refractivity contribution in [1.29, 1.82) is 0 Å². The molecular weight excluding hydrogens is 270 g/mol. The van der Waals surface area contributed by atoms with E-state index in [1.165, 1.54) is 18.2 Å². The summed E-state index contributed by atoms with van der Waals surface area (Å²) in [5.41, 5.74) is 0.0553. The standard InChI is InChI=1S/C11H11Cl2FO3/c1-2-17-11(16)9(14)10(15)6-4-3-5-7(12)8(6)13/h3-5,9-10,15H,2H2,1H3. The quantitative estimate of drug-likeness (QED) is 0.863. The predicted molar refractivity (Wildman–Crippen MR) is 63.0 cm³/mol. The summed E-state index contributed by atoms with van der Waals surface area (Å²) in [7, 11) is 0. The third kappa shape index (κ3) is 3.31. The highest BCUT2D eigenvalue weighted by Crippen LogP contribution is 2.32. The molecule has 0 amide bonds.